The molecular weight excluding hydrogens is 314 g/mol. The molecular formula is C9H12ClN3O4S2. The first-order valence-corrected chi connectivity index (χ1v) is 8.17. The molecule has 1 aromatic rings. The molecule has 0 radical (unpaired) electrons. The molecule has 1 saturated heterocycles. The molecule has 0 aliphatic carbocycles. The summed E-state index contributed by atoms with van der Waals surface area (Å²) < 4.78 is 26.0. The summed E-state index contributed by atoms with van der Waals surface area (Å²) in [6.45, 7) is 3.24. The summed E-state index contributed by atoms with van der Waals surface area (Å²) in [6, 6.07) is 0.923. The van der Waals surface area contributed by atoms with Crippen LogP contribution in [-0.2, 0) is 10.0 Å². The van der Waals surface area contributed by atoms with E-state index in [1.54, 1.807) is 6.92 Å². The van der Waals surface area contributed by atoms with Gasteiger partial charge >= 0.3 is 0 Å². The lowest BCUT2D eigenvalue weighted by Gasteiger charge is -2.36. The van der Waals surface area contributed by atoms with Crippen molar-refractivity contribution in [2.45, 2.75) is 17.2 Å². The van der Waals surface area contributed by atoms with Crippen LogP contribution in [0.4, 0.5) is 5.69 Å². The van der Waals surface area contributed by atoms with Gasteiger partial charge in [-0.1, -0.05) is 18.5 Å². The average molecular weight is 326 g/mol. The van der Waals surface area contributed by atoms with E-state index in [1.807, 2.05) is 0 Å². The Morgan fingerprint density at radius 3 is 2.63 bits per heavy atom. The number of nitrogens with one attached hydrogen (secondary N) is 1. The summed E-state index contributed by atoms with van der Waals surface area (Å²) in [7, 11) is -3.72. The van der Waals surface area contributed by atoms with Crippen LogP contribution in [-0.4, -0.2) is 43.3 Å². The van der Waals surface area contributed by atoms with Crippen molar-refractivity contribution in [2.24, 2.45) is 0 Å². The molecule has 1 N–H and O–H groups in total. The third-order valence-electron chi connectivity index (χ3n) is 2.88. The summed E-state index contributed by atoms with van der Waals surface area (Å²) in [4.78, 5) is 10.0. The maximum absolute atomic E-state index is 12.4. The molecule has 0 unspecified atom stereocenters. The van der Waals surface area contributed by atoms with E-state index in [0.717, 1.165) is 17.4 Å². The van der Waals surface area contributed by atoms with Gasteiger partial charge in [-0.25, -0.2) is 8.42 Å². The van der Waals surface area contributed by atoms with E-state index in [9.17, 15) is 18.5 Å². The van der Waals surface area contributed by atoms with E-state index >= 15 is 0 Å². The number of halogens is 1. The highest BCUT2D eigenvalue weighted by atomic mass is 35.5. The number of hydrogen-bond acceptors (Lipinski definition) is 6. The maximum atomic E-state index is 12.4. The first-order valence-electron chi connectivity index (χ1n) is 5.54. The molecule has 1 fully saturated rings. The van der Waals surface area contributed by atoms with Crippen LogP contribution in [0, 0.1) is 10.1 Å². The Hall–Kier alpha value is -0.740. The van der Waals surface area contributed by atoms with Crippen molar-refractivity contribution in [2.75, 3.05) is 19.6 Å². The third-order valence-corrected chi connectivity index (χ3v) is 6.70. The van der Waals surface area contributed by atoms with Gasteiger partial charge in [-0.2, -0.15) is 4.31 Å². The number of hydrogen-bond donors (Lipinski definition) is 1. The second-order valence-corrected chi connectivity index (χ2v) is 7.77. The van der Waals surface area contributed by atoms with Gasteiger partial charge in [-0.3, -0.25) is 10.1 Å². The molecule has 2 heterocycles. The van der Waals surface area contributed by atoms with Gasteiger partial charge in [-0.15, -0.1) is 11.3 Å². The maximum Gasteiger partial charge on any atom is 0.300 e. The lowest BCUT2D eigenvalue weighted by Crippen LogP contribution is -2.58. The van der Waals surface area contributed by atoms with Crippen molar-refractivity contribution in [1.29, 1.82) is 0 Å². The minimum absolute atomic E-state index is 0.0852. The summed E-state index contributed by atoms with van der Waals surface area (Å²) in [5, 5.41) is 13.7. The highest BCUT2D eigenvalue weighted by Crippen LogP contribution is 2.37. The summed E-state index contributed by atoms with van der Waals surface area (Å²) in [5.74, 6) is 0. The Kier molecular flexibility index (Phi) is 4.11. The van der Waals surface area contributed by atoms with Gasteiger partial charge in [-0.05, 0) is 0 Å². The molecule has 1 aliphatic heterocycles. The highest BCUT2D eigenvalue weighted by Gasteiger charge is 2.36. The minimum atomic E-state index is -3.72. The van der Waals surface area contributed by atoms with E-state index in [2.05, 4.69) is 5.32 Å². The van der Waals surface area contributed by atoms with Gasteiger partial charge in [0.1, 0.15) is 4.21 Å². The van der Waals surface area contributed by atoms with E-state index in [1.165, 1.54) is 4.31 Å². The van der Waals surface area contributed by atoms with Crippen LogP contribution in [0.2, 0.25) is 4.34 Å². The van der Waals surface area contributed by atoms with Crippen molar-refractivity contribution < 1.29 is 13.3 Å². The number of rotatable bonds is 5. The average Bonchev–Trinajstić information content (AvgIpc) is 2.65. The van der Waals surface area contributed by atoms with Crippen molar-refractivity contribution in [3.05, 3.63) is 20.5 Å². The number of nitrogens with zero attached hydrogens (tertiary/aromatic N) is 2. The lowest BCUT2D eigenvalue weighted by atomic mass is 10.2. The smallest absolute Gasteiger partial charge is 0.300 e. The fourth-order valence-electron chi connectivity index (χ4n) is 1.81. The van der Waals surface area contributed by atoms with Crippen molar-refractivity contribution in [3.63, 3.8) is 0 Å². The fraction of sp³-hybridized carbons (Fsp3) is 0.556. The zero-order valence-electron chi connectivity index (χ0n) is 10.00. The molecule has 0 amide bonds. The van der Waals surface area contributed by atoms with Gasteiger partial charge in [0.15, 0.2) is 4.34 Å². The van der Waals surface area contributed by atoms with Crippen LogP contribution < -0.4 is 5.32 Å². The molecule has 1 aliphatic rings. The van der Waals surface area contributed by atoms with Crippen LogP contribution in [0.25, 0.3) is 0 Å². The van der Waals surface area contributed by atoms with Gasteiger partial charge in [0.25, 0.3) is 15.7 Å². The fourth-order valence-corrected chi connectivity index (χ4v) is 5.23. The van der Waals surface area contributed by atoms with Gasteiger partial charge in [0, 0.05) is 25.7 Å². The van der Waals surface area contributed by atoms with Crippen LogP contribution >= 0.6 is 22.9 Å². The number of thiophene rings is 1. The standard InChI is InChI=1S/C9H12ClN3O4S2/c1-2-12(6-4-11-5-6)19(16,17)8-3-7(13(14)15)9(10)18-8/h3,6,11H,2,4-5H2,1H3. The molecule has 0 atom stereocenters. The molecule has 106 valence electrons. The Labute approximate surface area is 119 Å². The molecule has 0 spiro atoms. The topological polar surface area (TPSA) is 92.6 Å². The van der Waals surface area contributed by atoms with Gasteiger partial charge in [0.05, 0.1) is 11.0 Å². The molecule has 1 aromatic heterocycles. The van der Waals surface area contributed by atoms with Crippen LogP contribution in [0.3, 0.4) is 0 Å². The normalized spacial score (nSPS) is 16.6. The number of nitro groups is 1. The Morgan fingerprint density at radius 2 is 2.26 bits per heavy atom. The first kappa shape index (κ1) is 14.7. The molecule has 7 nitrogen and oxygen atoms in total. The highest BCUT2D eigenvalue weighted by molar-refractivity contribution is 7.91. The molecule has 0 bridgehead atoms. The van der Waals surface area contributed by atoms with Crippen molar-refractivity contribution >= 4 is 38.6 Å². The lowest BCUT2D eigenvalue weighted by molar-refractivity contribution is -0.384. The van der Waals surface area contributed by atoms with E-state index in [-0.39, 0.29) is 20.3 Å². The summed E-state index contributed by atoms with van der Waals surface area (Å²) in [5.41, 5.74) is -0.368. The van der Waals surface area contributed by atoms with Crippen LogP contribution in [0.15, 0.2) is 10.3 Å². The van der Waals surface area contributed by atoms with Crippen molar-refractivity contribution in [3.8, 4) is 0 Å². The molecule has 2 rings (SSSR count). The zero-order valence-corrected chi connectivity index (χ0v) is 12.4. The summed E-state index contributed by atoms with van der Waals surface area (Å²) >= 11 is 6.42. The molecule has 19 heavy (non-hydrogen) atoms. The Balaban J connectivity index is 2.38. The second-order valence-electron chi connectivity index (χ2n) is 4.00. The quantitative estimate of drug-likeness (QED) is 0.650. The Bertz CT molecular complexity index is 597. The minimum Gasteiger partial charge on any atom is -0.313 e. The number of sulfonamides is 1. The van der Waals surface area contributed by atoms with Crippen molar-refractivity contribution in [1.82, 2.24) is 9.62 Å². The van der Waals surface area contributed by atoms with E-state index < -0.39 is 14.9 Å². The number of likely N-dealkylation sites (N-methyl/N-ethyl adjacent to an activating group) is 1. The SMILES string of the molecule is CCN(C1CNC1)S(=O)(=O)c1cc([N+](=O)[O-])c(Cl)s1. The van der Waals surface area contributed by atoms with Gasteiger partial charge in [0.2, 0.25) is 0 Å². The molecule has 0 aromatic carbocycles. The predicted octanol–water partition coefficient (Wildman–Crippen LogP) is 1.29. The second kappa shape index (κ2) is 5.33. The molecule has 0 saturated carbocycles. The molecule has 10 heteroatoms. The Morgan fingerprint density at radius 1 is 1.63 bits per heavy atom. The van der Waals surface area contributed by atoms with Crippen LogP contribution in [0.5, 0.6) is 0 Å². The largest absolute Gasteiger partial charge is 0.313 e. The first-order chi connectivity index (χ1) is 8.87. The zero-order chi connectivity index (χ0) is 14.2. The third kappa shape index (κ3) is 2.61. The summed E-state index contributed by atoms with van der Waals surface area (Å²) in [6.07, 6.45) is 0. The monoisotopic (exact) mass is 325 g/mol. The van der Waals surface area contributed by atoms with Crippen LogP contribution in [0.1, 0.15) is 6.92 Å². The van der Waals surface area contributed by atoms with E-state index in [0.29, 0.717) is 19.6 Å². The van der Waals surface area contributed by atoms with E-state index in [4.69, 9.17) is 11.6 Å². The van der Waals surface area contributed by atoms with Gasteiger partial charge < -0.3 is 5.32 Å². The predicted molar refractivity (Wildman–Crippen MR) is 72.2 cm³/mol.